The summed E-state index contributed by atoms with van der Waals surface area (Å²) in [6, 6.07) is 15.9. The van der Waals surface area contributed by atoms with Gasteiger partial charge < -0.3 is 5.32 Å². The van der Waals surface area contributed by atoms with Gasteiger partial charge in [0.05, 0.1) is 5.25 Å². The van der Waals surface area contributed by atoms with Crippen molar-refractivity contribution in [3.05, 3.63) is 64.1 Å². The molecule has 0 radical (unpaired) electrons. The predicted octanol–water partition coefficient (Wildman–Crippen LogP) is 5.02. The topological polar surface area (TPSA) is 29.1 Å². The normalized spacial score (nSPS) is 12.0. The van der Waals surface area contributed by atoms with E-state index in [1.807, 2.05) is 43.3 Å². The largest absolute Gasteiger partial charge is 0.325 e. The van der Waals surface area contributed by atoms with Gasteiger partial charge >= 0.3 is 0 Å². The van der Waals surface area contributed by atoms with Crippen molar-refractivity contribution in [1.29, 1.82) is 0 Å². The Labute approximate surface area is 138 Å². The molecule has 0 aliphatic rings. The lowest BCUT2D eigenvalue weighted by Gasteiger charge is -2.13. The van der Waals surface area contributed by atoms with Crippen LogP contribution >= 0.6 is 27.7 Å². The van der Waals surface area contributed by atoms with Crippen LogP contribution in [0.3, 0.4) is 0 Å². The average molecular weight is 364 g/mol. The van der Waals surface area contributed by atoms with Gasteiger partial charge in [0, 0.05) is 15.9 Å². The molecule has 0 spiro atoms. The van der Waals surface area contributed by atoms with Crippen molar-refractivity contribution in [2.75, 3.05) is 5.32 Å². The minimum Gasteiger partial charge on any atom is -0.325 e. The minimum absolute atomic E-state index is 0.0379. The highest BCUT2D eigenvalue weighted by molar-refractivity contribution is 9.10. The maximum atomic E-state index is 12.2. The van der Waals surface area contributed by atoms with E-state index in [1.54, 1.807) is 11.8 Å². The number of carbonyl (C=O) groups is 1. The van der Waals surface area contributed by atoms with Gasteiger partial charge in [-0.15, -0.1) is 11.8 Å². The van der Waals surface area contributed by atoms with E-state index in [4.69, 9.17) is 0 Å². The zero-order valence-corrected chi connectivity index (χ0v) is 14.5. The van der Waals surface area contributed by atoms with Gasteiger partial charge in [-0.3, -0.25) is 4.79 Å². The van der Waals surface area contributed by atoms with Crippen LogP contribution in [0, 0.1) is 6.92 Å². The van der Waals surface area contributed by atoms with E-state index in [-0.39, 0.29) is 11.2 Å². The van der Waals surface area contributed by atoms with Crippen LogP contribution in [0.4, 0.5) is 5.69 Å². The second kappa shape index (κ2) is 7.66. The van der Waals surface area contributed by atoms with Crippen LogP contribution in [-0.2, 0) is 10.5 Å². The van der Waals surface area contributed by atoms with Gasteiger partial charge in [-0.2, -0.15) is 0 Å². The van der Waals surface area contributed by atoms with Crippen molar-refractivity contribution >= 4 is 39.3 Å². The Balaban J connectivity index is 1.88. The first-order valence-corrected chi connectivity index (χ1v) is 8.63. The van der Waals surface area contributed by atoms with Crippen LogP contribution in [0.25, 0.3) is 0 Å². The molecule has 1 amide bonds. The molecule has 110 valence electrons. The Kier molecular flexibility index (Phi) is 5.88. The number of benzene rings is 2. The number of halogens is 1. The zero-order valence-electron chi connectivity index (χ0n) is 12.1. The molecule has 4 heteroatoms. The van der Waals surface area contributed by atoms with Crippen molar-refractivity contribution in [3.8, 4) is 0 Å². The van der Waals surface area contributed by atoms with Crippen molar-refractivity contribution in [2.45, 2.75) is 24.9 Å². The molecular weight excluding hydrogens is 346 g/mol. The lowest BCUT2D eigenvalue weighted by molar-refractivity contribution is -0.115. The minimum atomic E-state index is -0.0896. The number of anilines is 1. The summed E-state index contributed by atoms with van der Waals surface area (Å²) in [4.78, 5) is 12.2. The third kappa shape index (κ3) is 4.90. The van der Waals surface area contributed by atoms with Crippen molar-refractivity contribution in [3.63, 3.8) is 0 Å². The van der Waals surface area contributed by atoms with Crippen LogP contribution in [0.2, 0.25) is 0 Å². The van der Waals surface area contributed by atoms with E-state index >= 15 is 0 Å². The standard InChI is InChI=1S/C17H18BrNOS/c1-12-5-3-4-6-14(12)11-21-13(2)17(20)19-16-9-7-15(18)8-10-16/h3-10,13H,11H2,1-2H3,(H,19,20)/t13-/m0/s1. The van der Waals surface area contributed by atoms with Gasteiger partial charge in [-0.05, 0) is 49.2 Å². The summed E-state index contributed by atoms with van der Waals surface area (Å²) in [7, 11) is 0. The summed E-state index contributed by atoms with van der Waals surface area (Å²) in [5.74, 6) is 0.887. The first kappa shape index (κ1) is 16.1. The van der Waals surface area contributed by atoms with E-state index in [0.717, 1.165) is 15.9 Å². The molecule has 0 unspecified atom stereocenters. The number of hydrogen-bond donors (Lipinski definition) is 1. The smallest absolute Gasteiger partial charge is 0.237 e. The van der Waals surface area contributed by atoms with Gasteiger partial charge in [-0.25, -0.2) is 0 Å². The Morgan fingerprint density at radius 3 is 2.52 bits per heavy atom. The molecule has 2 rings (SSSR count). The van der Waals surface area contributed by atoms with E-state index in [1.165, 1.54) is 11.1 Å². The highest BCUT2D eigenvalue weighted by Gasteiger charge is 2.14. The molecule has 0 aliphatic heterocycles. The lowest BCUT2D eigenvalue weighted by atomic mass is 10.1. The molecule has 1 N–H and O–H groups in total. The van der Waals surface area contributed by atoms with Crippen LogP contribution < -0.4 is 5.32 Å². The Morgan fingerprint density at radius 2 is 1.86 bits per heavy atom. The molecule has 2 nitrogen and oxygen atoms in total. The number of thioether (sulfide) groups is 1. The van der Waals surface area contributed by atoms with Gasteiger partial charge in [0.25, 0.3) is 0 Å². The maximum absolute atomic E-state index is 12.2. The number of aryl methyl sites for hydroxylation is 1. The van der Waals surface area contributed by atoms with Crippen molar-refractivity contribution in [2.24, 2.45) is 0 Å². The summed E-state index contributed by atoms with van der Waals surface area (Å²) in [5, 5.41) is 2.85. The zero-order chi connectivity index (χ0) is 15.2. The first-order chi connectivity index (χ1) is 10.1. The Hall–Kier alpha value is -1.26. The summed E-state index contributed by atoms with van der Waals surface area (Å²) in [6.45, 7) is 4.04. The number of rotatable bonds is 5. The predicted molar refractivity (Wildman–Crippen MR) is 94.7 cm³/mol. The number of amides is 1. The number of hydrogen-bond acceptors (Lipinski definition) is 2. The Morgan fingerprint density at radius 1 is 1.19 bits per heavy atom. The fourth-order valence-corrected chi connectivity index (χ4v) is 3.07. The molecule has 0 bridgehead atoms. The molecule has 2 aromatic rings. The van der Waals surface area contributed by atoms with Gasteiger partial charge in [0.15, 0.2) is 0 Å². The third-order valence-corrected chi connectivity index (χ3v) is 4.95. The number of carbonyl (C=O) groups excluding carboxylic acids is 1. The molecule has 0 fully saturated rings. The molecule has 0 saturated carbocycles. The molecule has 21 heavy (non-hydrogen) atoms. The molecule has 2 aromatic carbocycles. The maximum Gasteiger partial charge on any atom is 0.237 e. The Bertz CT molecular complexity index is 612. The van der Waals surface area contributed by atoms with E-state index in [2.05, 4.69) is 40.3 Å². The molecule has 0 saturated heterocycles. The third-order valence-electron chi connectivity index (χ3n) is 3.23. The lowest BCUT2D eigenvalue weighted by Crippen LogP contribution is -2.22. The van der Waals surface area contributed by atoms with E-state index < -0.39 is 0 Å². The van der Waals surface area contributed by atoms with Crippen molar-refractivity contribution in [1.82, 2.24) is 0 Å². The summed E-state index contributed by atoms with van der Waals surface area (Å²) in [6.07, 6.45) is 0. The second-order valence-electron chi connectivity index (χ2n) is 4.88. The van der Waals surface area contributed by atoms with E-state index in [0.29, 0.717) is 0 Å². The quantitative estimate of drug-likeness (QED) is 0.807. The summed E-state index contributed by atoms with van der Waals surface area (Å²) >= 11 is 5.03. The fraction of sp³-hybridized carbons (Fsp3) is 0.235. The van der Waals surface area contributed by atoms with Gasteiger partial charge in [0.2, 0.25) is 5.91 Å². The fourth-order valence-electron chi connectivity index (χ4n) is 1.84. The molecule has 0 aromatic heterocycles. The SMILES string of the molecule is Cc1ccccc1CS[C@@H](C)C(=O)Nc1ccc(Br)cc1. The molecule has 1 atom stereocenters. The van der Waals surface area contributed by atoms with Crippen LogP contribution in [0.5, 0.6) is 0 Å². The van der Waals surface area contributed by atoms with Crippen LogP contribution in [-0.4, -0.2) is 11.2 Å². The van der Waals surface area contributed by atoms with Crippen LogP contribution in [0.1, 0.15) is 18.1 Å². The first-order valence-electron chi connectivity index (χ1n) is 6.79. The highest BCUT2D eigenvalue weighted by atomic mass is 79.9. The van der Waals surface area contributed by atoms with Gasteiger partial charge in [0.1, 0.15) is 0 Å². The number of nitrogens with one attached hydrogen (secondary N) is 1. The molecule has 0 aliphatic carbocycles. The molecular formula is C17H18BrNOS. The monoisotopic (exact) mass is 363 g/mol. The van der Waals surface area contributed by atoms with E-state index in [9.17, 15) is 4.79 Å². The highest BCUT2D eigenvalue weighted by Crippen LogP contribution is 2.21. The molecule has 0 heterocycles. The van der Waals surface area contributed by atoms with Crippen LogP contribution in [0.15, 0.2) is 53.0 Å². The average Bonchev–Trinajstić information content (AvgIpc) is 2.48. The van der Waals surface area contributed by atoms with Crippen molar-refractivity contribution < 1.29 is 4.79 Å². The second-order valence-corrected chi connectivity index (χ2v) is 7.12. The summed E-state index contributed by atoms with van der Waals surface area (Å²) < 4.78 is 1.00. The summed E-state index contributed by atoms with van der Waals surface area (Å²) in [5.41, 5.74) is 3.38. The van der Waals surface area contributed by atoms with Gasteiger partial charge in [-0.1, -0.05) is 40.2 Å².